The van der Waals surface area contributed by atoms with Crippen LogP contribution >= 0.6 is 0 Å². The molecule has 0 saturated carbocycles. The number of amides is 1. The van der Waals surface area contributed by atoms with Gasteiger partial charge in [-0.3, -0.25) is 14.3 Å². The Bertz CT molecular complexity index is 373. The average molecular weight is 225 g/mol. The molecule has 0 aliphatic heterocycles. The van der Waals surface area contributed by atoms with E-state index in [9.17, 15) is 9.59 Å². The van der Waals surface area contributed by atoms with Gasteiger partial charge in [-0.1, -0.05) is 0 Å². The van der Waals surface area contributed by atoms with Crippen molar-refractivity contribution in [3.05, 3.63) is 18.0 Å². The summed E-state index contributed by atoms with van der Waals surface area (Å²) in [6.45, 7) is 0.447. The molecule has 1 rings (SSSR count). The second kappa shape index (κ2) is 5.89. The summed E-state index contributed by atoms with van der Waals surface area (Å²) in [5, 5.41) is 6.58. The van der Waals surface area contributed by atoms with Crippen molar-refractivity contribution in [2.45, 2.75) is 12.8 Å². The molecule has 1 amide bonds. The highest BCUT2D eigenvalue weighted by atomic mass is 16.5. The number of hydrogen-bond acceptors (Lipinski definition) is 4. The summed E-state index contributed by atoms with van der Waals surface area (Å²) >= 11 is 0. The lowest BCUT2D eigenvalue weighted by molar-refractivity contribution is -0.140. The van der Waals surface area contributed by atoms with Crippen molar-refractivity contribution in [2.24, 2.45) is 7.05 Å². The Morgan fingerprint density at radius 2 is 2.31 bits per heavy atom. The molecule has 1 aromatic heterocycles. The number of aryl methyl sites for hydroxylation is 1. The Balaban J connectivity index is 2.23. The van der Waals surface area contributed by atoms with Crippen molar-refractivity contribution in [3.8, 4) is 0 Å². The van der Waals surface area contributed by atoms with Crippen LogP contribution in [0.4, 0.5) is 0 Å². The molecule has 0 bridgehead atoms. The summed E-state index contributed by atoms with van der Waals surface area (Å²) in [4.78, 5) is 22.3. The zero-order valence-electron chi connectivity index (χ0n) is 9.40. The zero-order valence-corrected chi connectivity index (χ0v) is 9.40. The molecule has 1 N–H and O–H groups in total. The Hall–Kier alpha value is -1.85. The van der Waals surface area contributed by atoms with E-state index in [0.29, 0.717) is 24.9 Å². The first-order chi connectivity index (χ1) is 7.63. The normalized spacial score (nSPS) is 9.88. The average Bonchev–Trinajstić information content (AvgIpc) is 2.70. The highest BCUT2D eigenvalue weighted by molar-refractivity contribution is 5.93. The van der Waals surface area contributed by atoms with E-state index in [0.717, 1.165) is 0 Å². The molecule has 16 heavy (non-hydrogen) atoms. The van der Waals surface area contributed by atoms with E-state index in [2.05, 4.69) is 15.2 Å². The van der Waals surface area contributed by atoms with Crippen LogP contribution in [0.1, 0.15) is 23.2 Å². The number of ether oxygens (including phenoxy) is 1. The van der Waals surface area contributed by atoms with Crippen LogP contribution in [-0.4, -0.2) is 35.3 Å². The fourth-order valence-electron chi connectivity index (χ4n) is 1.18. The summed E-state index contributed by atoms with van der Waals surface area (Å²) in [7, 11) is 3.09. The van der Waals surface area contributed by atoms with Gasteiger partial charge in [0.2, 0.25) is 0 Å². The highest BCUT2D eigenvalue weighted by Gasteiger charge is 2.07. The van der Waals surface area contributed by atoms with E-state index in [1.54, 1.807) is 17.9 Å². The molecule has 6 nitrogen and oxygen atoms in total. The van der Waals surface area contributed by atoms with Crippen LogP contribution in [0.15, 0.2) is 12.4 Å². The molecule has 1 aromatic rings. The lowest BCUT2D eigenvalue weighted by Crippen LogP contribution is -2.24. The smallest absolute Gasteiger partial charge is 0.305 e. The molecular weight excluding hydrogens is 210 g/mol. The van der Waals surface area contributed by atoms with Gasteiger partial charge in [-0.15, -0.1) is 0 Å². The predicted molar refractivity (Wildman–Crippen MR) is 56.8 cm³/mol. The third kappa shape index (κ3) is 3.72. The summed E-state index contributed by atoms with van der Waals surface area (Å²) < 4.78 is 6.04. The number of nitrogens with zero attached hydrogens (tertiary/aromatic N) is 2. The molecule has 0 fully saturated rings. The molecule has 0 saturated heterocycles. The van der Waals surface area contributed by atoms with Gasteiger partial charge in [0.15, 0.2) is 0 Å². The quantitative estimate of drug-likeness (QED) is 0.570. The monoisotopic (exact) mass is 225 g/mol. The minimum Gasteiger partial charge on any atom is -0.469 e. The summed E-state index contributed by atoms with van der Waals surface area (Å²) in [6.07, 6.45) is 4.01. The lowest BCUT2D eigenvalue weighted by Gasteiger charge is -2.02. The third-order valence-corrected chi connectivity index (χ3v) is 2.04. The molecule has 0 aliphatic carbocycles. The van der Waals surface area contributed by atoms with Crippen molar-refractivity contribution >= 4 is 11.9 Å². The van der Waals surface area contributed by atoms with Gasteiger partial charge in [0, 0.05) is 26.2 Å². The van der Waals surface area contributed by atoms with E-state index in [1.165, 1.54) is 13.3 Å². The Morgan fingerprint density at radius 1 is 1.56 bits per heavy atom. The van der Waals surface area contributed by atoms with Gasteiger partial charge in [0.1, 0.15) is 0 Å². The van der Waals surface area contributed by atoms with Crippen molar-refractivity contribution < 1.29 is 14.3 Å². The van der Waals surface area contributed by atoms with Gasteiger partial charge in [0.25, 0.3) is 5.91 Å². The SMILES string of the molecule is COC(=O)CCCNC(=O)c1cnn(C)c1. The van der Waals surface area contributed by atoms with Crippen molar-refractivity contribution in [2.75, 3.05) is 13.7 Å². The molecule has 0 spiro atoms. The van der Waals surface area contributed by atoms with Crippen molar-refractivity contribution in [3.63, 3.8) is 0 Å². The number of esters is 1. The van der Waals surface area contributed by atoms with Crippen molar-refractivity contribution in [1.29, 1.82) is 0 Å². The van der Waals surface area contributed by atoms with Crippen LogP contribution in [-0.2, 0) is 16.6 Å². The van der Waals surface area contributed by atoms with Gasteiger partial charge >= 0.3 is 5.97 Å². The lowest BCUT2D eigenvalue weighted by atomic mass is 10.3. The Kier molecular flexibility index (Phi) is 4.50. The number of rotatable bonds is 5. The second-order valence-corrected chi connectivity index (χ2v) is 3.34. The molecule has 0 atom stereocenters. The molecule has 88 valence electrons. The van der Waals surface area contributed by atoms with Gasteiger partial charge in [0.05, 0.1) is 18.9 Å². The zero-order chi connectivity index (χ0) is 12.0. The molecule has 0 aromatic carbocycles. The predicted octanol–water partition coefficient (Wildman–Crippen LogP) is 0.103. The maximum atomic E-state index is 11.5. The Morgan fingerprint density at radius 3 is 2.88 bits per heavy atom. The summed E-state index contributed by atoms with van der Waals surface area (Å²) in [5.74, 6) is -0.450. The minimum atomic E-state index is -0.268. The van der Waals surface area contributed by atoms with Crippen LogP contribution in [0, 0.1) is 0 Å². The first-order valence-electron chi connectivity index (χ1n) is 4.97. The number of carbonyl (C=O) groups is 2. The van der Waals surface area contributed by atoms with E-state index >= 15 is 0 Å². The number of methoxy groups -OCH3 is 1. The van der Waals surface area contributed by atoms with E-state index in [-0.39, 0.29) is 11.9 Å². The maximum absolute atomic E-state index is 11.5. The third-order valence-electron chi connectivity index (χ3n) is 2.04. The summed E-state index contributed by atoms with van der Waals surface area (Å²) in [6, 6.07) is 0. The topological polar surface area (TPSA) is 73.2 Å². The van der Waals surface area contributed by atoms with Gasteiger partial charge < -0.3 is 10.1 Å². The maximum Gasteiger partial charge on any atom is 0.305 e. The van der Waals surface area contributed by atoms with Crippen LogP contribution in [0.3, 0.4) is 0 Å². The molecule has 6 heteroatoms. The van der Waals surface area contributed by atoms with E-state index in [4.69, 9.17) is 0 Å². The minimum absolute atomic E-state index is 0.182. The summed E-state index contributed by atoms with van der Waals surface area (Å²) in [5.41, 5.74) is 0.514. The van der Waals surface area contributed by atoms with Gasteiger partial charge in [-0.05, 0) is 6.42 Å². The van der Waals surface area contributed by atoms with Crippen LogP contribution < -0.4 is 5.32 Å². The van der Waals surface area contributed by atoms with Gasteiger partial charge in [-0.25, -0.2) is 0 Å². The molecular formula is C10H15N3O3. The Labute approximate surface area is 93.6 Å². The number of hydrogen-bond donors (Lipinski definition) is 1. The molecule has 0 aliphatic rings. The number of nitrogens with one attached hydrogen (secondary N) is 1. The second-order valence-electron chi connectivity index (χ2n) is 3.34. The highest BCUT2D eigenvalue weighted by Crippen LogP contribution is 1.96. The van der Waals surface area contributed by atoms with E-state index in [1.807, 2.05) is 0 Å². The van der Waals surface area contributed by atoms with Crippen LogP contribution in [0.2, 0.25) is 0 Å². The first kappa shape index (κ1) is 12.2. The fourth-order valence-corrected chi connectivity index (χ4v) is 1.18. The van der Waals surface area contributed by atoms with Crippen molar-refractivity contribution in [1.82, 2.24) is 15.1 Å². The molecule has 1 heterocycles. The largest absolute Gasteiger partial charge is 0.469 e. The van der Waals surface area contributed by atoms with Gasteiger partial charge in [-0.2, -0.15) is 5.10 Å². The van der Waals surface area contributed by atoms with Crippen LogP contribution in [0.25, 0.3) is 0 Å². The molecule has 0 unspecified atom stereocenters. The first-order valence-corrected chi connectivity index (χ1v) is 4.97. The van der Waals surface area contributed by atoms with E-state index < -0.39 is 0 Å². The number of aromatic nitrogens is 2. The number of carbonyl (C=O) groups excluding carboxylic acids is 2. The molecule has 0 radical (unpaired) electrons. The van der Waals surface area contributed by atoms with Crippen LogP contribution in [0.5, 0.6) is 0 Å². The standard InChI is InChI=1S/C10H15N3O3/c1-13-7-8(6-12-13)10(15)11-5-3-4-9(14)16-2/h6-7H,3-5H2,1-2H3,(H,11,15). The fraction of sp³-hybridized carbons (Fsp3) is 0.500.